The lowest BCUT2D eigenvalue weighted by molar-refractivity contribution is -0.121. The van der Waals surface area contributed by atoms with E-state index in [0.29, 0.717) is 56.3 Å². The lowest BCUT2D eigenvalue weighted by Gasteiger charge is -2.35. The van der Waals surface area contributed by atoms with Crippen LogP contribution in [0.1, 0.15) is 35.9 Å². The highest BCUT2D eigenvalue weighted by Gasteiger charge is 2.23. The summed E-state index contributed by atoms with van der Waals surface area (Å²) < 4.78 is 23.8. The molecule has 1 amide bonds. The lowest BCUT2D eigenvalue weighted by atomic mass is 10.0. The average Bonchev–Trinajstić information content (AvgIpc) is 3.30. The highest BCUT2D eigenvalue weighted by atomic mass is 19.1. The summed E-state index contributed by atoms with van der Waals surface area (Å²) in [5.41, 5.74) is 3.10. The summed E-state index contributed by atoms with van der Waals surface area (Å²) in [5, 5.41) is 7.03. The number of aryl methyl sites for hydroxylation is 2. The van der Waals surface area contributed by atoms with Crippen LogP contribution in [0.3, 0.4) is 0 Å². The molecule has 0 bridgehead atoms. The first-order valence-corrected chi connectivity index (χ1v) is 11.3. The molecule has 1 aliphatic heterocycles. The quantitative estimate of drug-likeness (QED) is 0.533. The van der Waals surface area contributed by atoms with E-state index in [1.807, 2.05) is 0 Å². The zero-order valence-electron chi connectivity index (χ0n) is 18.8. The zero-order valence-corrected chi connectivity index (χ0v) is 18.8. The second kappa shape index (κ2) is 11.2. The molecule has 1 saturated heterocycles. The highest BCUT2D eigenvalue weighted by Crippen LogP contribution is 2.22. The van der Waals surface area contributed by atoms with Crippen LogP contribution < -0.4 is 5.32 Å². The predicted octanol–water partition coefficient (Wildman–Crippen LogP) is 3.70. The Bertz CT molecular complexity index is 1030. The van der Waals surface area contributed by atoms with Crippen LogP contribution in [-0.4, -0.2) is 53.8 Å². The smallest absolute Gasteiger partial charge is 0.226 e. The summed E-state index contributed by atoms with van der Waals surface area (Å²) >= 11 is 0. The Balaban J connectivity index is 1.27. The molecular weight excluding hydrogens is 423 g/mol. The van der Waals surface area contributed by atoms with Crippen LogP contribution in [0.5, 0.6) is 0 Å². The lowest BCUT2D eigenvalue weighted by Crippen LogP contribution is -2.43. The van der Waals surface area contributed by atoms with Gasteiger partial charge in [-0.05, 0) is 43.2 Å². The van der Waals surface area contributed by atoms with Crippen molar-refractivity contribution in [2.45, 2.75) is 32.2 Å². The second-order valence-electron chi connectivity index (χ2n) is 8.25. The number of nitrogens with zero attached hydrogens (tertiary/aromatic N) is 3. The van der Waals surface area contributed by atoms with Crippen LogP contribution in [0.25, 0.3) is 11.4 Å². The maximum atomic E-state index is 13.1. The number of halogens is 1. The van der Waals surface area contributed by atoms with E-state index < -0.39 is 0 Å². The van der Waals surface area contributed by atoms with Gasteiger partial charge in [0.05, 0.1) is 19.3 Å². The summed E-state index contributed by atoms with van der Waals surface area (Å²) in [7, 11) is 0. The molecule has 1 aromatic heterocycles. The third kappa shape index (κ3) is 6.46. The number of rotatable bonds is 9. The molecule has 0 spiro atoms. The minimum absolute atomic E-state index is 0.00126. The molecule has 1 atom stereocenters. The Labute approximate surface area is 192 Å². The fourth-order valence-corrected chi connectivity index (χ4v) is 3.91. The molecule has 0 saturated carbocycles. The molecule has 1 N–H and O–H groups in total. The van der Waals surface area contributed by atoms with E-state index in [1.54, 1.807) is 12.1 Å². The molecule has 2 heterocycles. The van der Waals surface area contributed by atoms with Crippen molar-refractivity contribution in [3.63, 3.8) is 0 Å². The average molecular weight is 453 g/mol. The van der Waals surface area contributed by atoms with Gasteiger partial charge in [-0.2, -0.15) is 4.98 Å². The predicted molar refractivity (Wildman–Crippen MR) is 122 cm³/mol. The van der Waals surface area contributed by atoms with E-state index >= 15 is 0 Å². The summed E-state index contributed by atoms with van der Waals surface area (Å²) in [5.74, 6) is 0.569. The Hall–Kier alpha value is -3.10. The van der Waals surface area contributed by atoms with Crippen molar-refractivity contribution in [3.05, 3.63) is 71.4 Å². The van der Waals surface area contributed by atoms with Crippen LogP contribution in [0.4, 0.5) is 4.39 Å². The molecule has 0 radical (unpaired) electrons. The van der Waals surface area contributed by atoms with Crippen molar-refractivity contribution in [1.29, 1.82) is 0 Å². The van der Waals surface area contributed by atoms with Crippen LogP contribution in [0.15, 0.2) is 53.1 Å². The first-order valence-electron chi connectivity index (χ1n) is 11.3. The summed E-state index contributed by atoms with van der Waals surface area (Å²) in [4.78, 5) is 19.2. The molecule has 2 aromatic carbocycles. The minimum Gasteiger partial charge on any atom is -0.379 e. The van der Waals surface area contributed by atoms with Crippen molar-refractivity contribution in [2.75, 3.05) is 32.8 Å². The third-order valence-electron chi connectivity index (χ3n) is 5.81. The second-order valence-corrected chi connectivity index (χ2v) is 8.25. The van der Waals surface area contributed by atoms with Gasteiger partial charge < -0.3 is 14.6 Å². The fraction of sp³-hybridized carbons (Fsp3) is 0.400. The Morgan fingerprint density at radius 2 is 1.85 bits per heavy atom. The molecule has 1 aliphatic rings. The molecule has 1 fully saturated rings. The Morgan fingerprint density at radius 3 is 2.58 bits per heavy atom. The fourth-order valence-electron chi connectivity index (χ4n) is 3.91. The number of amides is 1. The van der Waals surface area contributed by atoms with Crippen LogP contribution in [-0.2, 0) is 16.0 Å². The van der Waals surface area contributed by atoms with Gasteiger partial charge in [-0.15, -0.1) is 0 Å². The van der Waals surface area contributed by atoms with Crippen molar-refractivity contribution in [2.24, 2.45) is 0 Å². The number of carbonyl (C=O) groups excluding carboxylic acids is 1. The van der Waals surface area contributed by atoms with Gasteiger partial charge in [0, 0.05) is 38.0 Å². The number of hydrogen-bond donors (Lipinski definition) is 1. The molecule has 1 unspecified atom stereocenters. The number of nitrogens with one attached hydrogen (secondary N) is 1. The number of carbonyl (C=O) groups is 1. The number of morpholine rings is 1. The molecule has 4 rings (SSSR count). The molecule has 33 heavy (non-hydrogen) atoms. The van der Waals surface area contributed by atoms with Gasteiger partial charge >= 0.3 is 0 Å². The van der Waals surface area contributed by atoms with E-state index in [2.05, 4.69) is 51.5 Å². The van der Waals surface area contributed by atoms with Gasteiger partial charge in [-0.1, -0.05) is 35.0 Å². The van der Waals surface area contributed by atoms with Crippen LogP contribution >= 0.6 is 0 Å². The van der Waals surface area contributed by atoms with E-state index in [9.17, 15) is 9.18 Å². The number of aromatic nitrogens is 2. The highest BCUT2D eigenvalue weighted by molar-refractivity contribution is 5.75. The van der Waals surface area contributed by atoms with Crippen molar-refractivity contribution >= 4 is 5.91 Å². The van der Waals surface area contributed by atoms with E-state index in [-0.39, 0.29) is 17.8 Å². The van der Waals surface area contributed by atoms with Crippen molar-refractivity contribution in [3.8, 4) is 11.4 Å². The molecule has 3 aromatic rings. The van der Waals surface area contributed by atoms with Gasteiger partial charge in [0.2, 0.25) is 17.6 Å². The number of benzene rings is 2. The number of hydrogen-bond acceptors (Lipinski definition) is 6. The van der Waals surface area contributed by atoms with Crippen molar-refractivity contribution < 1.29 is 18.4 Å². The SMILES string of the molecule is Cc1ccc(C(CNC(=O)CCCc2nc(-c3ccc(F)cc3)no2)N2CCOCC2)cc1. The van der Waals surface area contributed by atoms with Gasteiger partial charge in [0.1, 0.15) is 5.82 Å². The van der Waals surface area contributed by atoms with Crippen LogP contribution in [0.2, 0.25) is 0 Å². The molecule has 0 aliphatic carbocycles. The molecule has 174 valence electrons. The normalized spacial score (nSPS) is 15.3. The summed E-state index contributed by atoms with van der Waals surface area (Å²) in [6.07, 6.45) is 1.48. The number of ether oxygens (including phenoxy) is 1. The van der Waals surface area contributed by atoms with Crippen LogP contribution in [0, 0.1) is 12.7 Å². The van der Waals surface area contributed by atoms with Crippen molar-refractivity contribution in [1.82, 2.24) is 20.4 Å². The maximum absolute atomic E-state index is 13.1. The maximum Gasteiger partial charge on any atom is 0.226 e. The first-order chi connectivity index (χ1) is 16.1. The van der Waals surface area contributed by atoms with Gasteiger partial charge in [0.25, 0.3) is 0 Å². The van der Waals surface area contributed by atoms with E-state index in [0.717, 1.165) is 13.1 Å². The van der Waals surface area contributed by atoms with E-state index in [1.165, 1.54) is 23.3 Å². The van der Waals surface area contributed by atoms with Gasteiger partial charge in [0.15, 0.2) is 0 Å². The third-order valence-corrected chi connectivity index (χ3v) is 5.81. The Morgan fingerprint density at radius 1 is 1.12 bits per heavy atom. The monoisotopic (exact) mass is 452 g/mol. The zero-order chi connectivity index (χ0) is 23.0. The first kappa shape index (κ1) is 23.1. The Kier molecular flexibility index (Phi) is 7.80. The molecular formula is C25H29FN4O3. The van der Waals surface area contributed by atoms with Gasteiger partial charge in [-0.25, -0.2) is 4.39 Å². The minimum atomic E-state index is -0.313. The van der Waals surface area contributed by atoms with E-state index in [4.69, 9.17) is 9.26 Å². The molecule has 7 nitrogen and oxygen atoms in total. The van der Waals surface area contributed by atoms with Gasteiger partial charge in [-0.3, -0.25) is 9.69 Å². The topological polar surface area (TPSA) is 80.5 Å². The molecule has 8 heteroatoms. The summed E-state index contributed by atoms with van der Waals surface area (Å²) in [6, 6.07) is 14.5. The standard InChI is InChI=1S/C25H29FN4O3/c1-18-5-7-19(8-6-18)22(30-13-15-32-16-14-30)17-27-23(31)3-2-4-24-28-25(29-33-24)20-9-11-21(26)12-10-20/h5-12,22H,2-4,13-17H2,1H3,(H,27,31). The summed E-state index contributed by atoms with van der Waals surface area (Å²) in [6.45, 7) is 5.74. The largest absolute Gasteiger partial charge is 0.379 e.